The van der Waals surface area contributed by atoms with Gasteiger partial charge in [-0.15, -0.1) is 10.2 Å². The van der Waals surface area contributed by atoms with Crippen LogP contribution in [0.25, 0.3) is 56.2 Å². The number of carbonyl (C=O) groups is 2. The molecule has 12 rings (SSSR count). The van der Waals surface area contributed by atoms with Gasteiger partial charge in [-0.3, -0.25) is 0 Å². The molecule has 0 spiro atoms. The number of hydrogen-bond acceptors (Lipinski definition) is 17. The summed E-state index contributed by atoms with van der Waals surface area (Å²) in [4.78, 5) is 53.2. The van der Waals surface area contributed by atoms with Crippen molar-refractivity contribution in [2.24, 2.45) is 0 Å². The Balaban J connectivity index is 0.753. The van der Waals surface area contributed by atoms with Gasteiger partial charge in [0.2, 0.25) is 11.8 Å². The first-order valence-electron chi connectivity index (χ1n) is 27.4. The zero-order chi connectivity index (χ0) is 63.4. The number of carbonyl (C=O) groups excluding carboxylic acids is 2. The molecule has 91 heavy (non-hydrogen) atoms. The minimum absolute atomic E-state index is 0.00866. The molecular formula is C62H44F8N14O7. The van der Waals surface area contributed by atoms with Crippen molar-refractivity contribution in [3.63, 3.8) is 0 Å². The van der Waals surface area contributed by atoms with Crippen LogP contribution >= 0.6 is 0 Å². The van der Waals surface area contributed by atoms with E-state index in [4.69, 9.17) is 23.7 Å². The smallest absolute Gasteiger partial charge is 0.346 e. The third-order valence-electron chi connectivity index (χ3n) is 14.3. The molecule has 8 heterocycles. The van der Waals surface area contributed by atoms with Gasteiger partial charge in [-0.25, -0.2) is 84.0 Å². The van der Waals surface area contributed by atoms with Crippen molar-refractivity contribution in [3.8, 4) is 45.9 Å². The first-order valence-corrected chi connectivity index (χ1v) is 27.4. The SMILES string of the molecule is COCCn1c(Cc2c(F)cc(-c3cccc(OCc4ccc(-n5ccnn5)nc4)n3)c(F)c2F)nc2c(F)cc(C(=O)OC(=O)c3cc(F)c4nc(Cc5c(F)cc(-c6cccc(OCc7ccc(-n8ccnn8)nc7)n6)c(F)c5F)n(CCOC)c4c3)cc21. The van der Waals surface area contributed by atoms with Gasteiger partial charge in [0.1, 0.15) is 47.5 Å². The number of benzene rings is 4. The number of pyridine rings is 4. The molecule has 29 heteroatoms. The summed E-state index contributed by atoms with van der Waals surface area (Å²) < 4.78 is 161. The highest BCUT2D eigenvalue weighted by Crippen LogP contribution is 2.34. The van der Waals surface area contributed by atoms with E-state index >= 15 is 35.1 Å². The molecule has 460 valence electrons. The molecule has 0 aliphatic rings. The van der Waals surface area contributed by atoms with Crippen LogP contribution in [0.5, 0.6) is 11.8 Å². The molecule has 0 atom stereocenters. The zero-order valence-electron chi connectivity index (χ0n) is 47.5. The molecule has 0 aliphatic heterocycles. The van der Waals surface area contributed by atoms with Crippen molar-refractivity contribution >= 4 is 34.0 Å². The number of methoxy groups -OCH3 is 2. The van der Waals surface area contributed by atoms with Crippen molar-refractivity contribution < 1.29 is 68.4 Å². The molecule has 0 unspecified atom stereocenters. The minimum Gasteiger partial charge on any atom is -0.473 e. The Morgan fingerprint density at radius 3 is 1.32 bits per heavy atom. The fourth-order valence-electron chi connectivity index (χ4n) is 9.85. The van der Waals surface area contributed by atoms with Crippen molar-refractivity contribution in [2.45, 2.75) is 39.1 Å². The Morgan fingerprint density at radius 1 is 0.495 bits per heavy atom. The predicted octanol–water partition coefficient (Wildman–Crippen LogP) is 10.2. The van der Waals surface area contributed by atoms with Gasteiger partial charge in [-0.1, -0.05) is 34.7 Å². The van der Waals surface area contributed by atoms with E-state index in [1.54, 1.807) is 49.1 Å². The lowest BCUT2D eigenvalue weighted by atomic mass is 10.0. The van der Waals surface area contributed by atoms with E-state index in [-0.39, 0.29) is 96.4 Å². The number of esters is 2. The molecule has 0 bridgehead atoms. The standard InChI is InChI=1S/C62H44F8N14O7/c1-87-19-17-81-47-23-35(21-43(65)59(47)77-51(81)27-37-41(63)25-39(57(69)55(37)67)45-5-3-7-53(75-45)89-31-33-9-11-49(71-29-33)83-15-13-73-79-83)61(85)91-62(86)36-22-44(66)60-48(24-36)82(18-20-88-2)52(78-60)28-38-42(64)26-40(58(70)56(38)68)46-6-4-8-54(76-46)90-32-34-10-12-50(72-30-34)84-16-14-74-80-84/h3-16,21-26,29-30H,17-20,27-28,31-32H2,1-2H3. The fourth-order valence-corrected chi connectivity index (χ4v) is 9.85. The molecule has 4 aromatic carbocycles. The van der Waals surface area contributed by atoms with E-state index in [0.717, 1.165) is 24.3 Å². The lowest BCUT2D eigenvalue weighted by Crippen LogP contribution is -2.15. The number of halogens is 8. The Morgan fingerprint density at radius 2 is 0.934 bits per heavy atom. The molecule has 12 aromatic rings. The second kappa shape index (κ2) is 25.9. The summed E-state index contributed by atoms with van der Waals surface area (Å²) in [7, 11) is 2.69. The van der Waals surface area contributed by atoms with E-state index in [0.29, 0.717) is 34.9 Å². The van der Waals surface area contributed by atoms with Gasteiger partial charge in [0.25, 0.3) is 0 Å². The molecule has 0 aliphatic carbocycles. The molecule has 0 fully saturated rings. The number of hydrogen-bond donors (Lipinski definition) is 0. The number of nitrogens with zero attached hydrogens (tertiary/aromatic N) is 14. The van der Waals surface area contributed by atoms with Crippen molar-refractivity contribution in [2.75, 3.05) is 27.4 Å². The average molecular weight is 1250 g/mol. The zero-order valence-corrected chi connectivity index (χ0v) is 47.5. The summed E-state index contributed by atoms with van der Waals surface area (Å²) in [5.74, 6) is -13.0. The van der Waals surface area contributed by atoms with Gasteiger partial charge in [0.15, 0.2) is 46.5 Å². The molecule has 0 saturated carbocycles. The van der Waals surface area contributed by atoms with Crippen LogP contribution in [0.4, 0.5) is 35.1 Å². The monoisotopic (exact) mass is 1250 g/mol. The van der Waals surface area contributed by atoms with Gasteiger partial charge in [0.05, 0.1) is 71.5 Å². The van der Waals surface area contributed by atoms with Gasteiger partial charge in [-0.05, 0) is 60.7 Å². The van der Waals surface area contributed by atoms with Gasteiger partial charge >= 0.3 is 11.9 Å². The quantitative estimate of drug-likeness (QED) is 0.0266. The molecule has 8 aromatic heterocycles. The van der Waals surface area contributed by atoms with Crippen LogP contribution in [0.3, 0.4) is 0 Å². The Hall–Kier alpha value is -11.2. The summed E-state index contributed by atoms with van der Waals surface area (Å²) in [6, 6.07) is 20.4. The number of fused-ring (bicyclic) bond motifs is 2. The van der Waals surface area contributed by atoms with Crippen LogP contribution in [0.2, 0.25) is 0 Å². The lowest BCUT2D eigenvalue weighted by Gasteiger charge is -2.13. The van der Waals surface area contributed by atoms with Crippen LogP contribution in [-0.2, 0) is 53.4 Å². The highest BCUT2D eigenvalue weighted by Gasteiger charge is 2.29. The Labute approximate surface area is 508 Å². The van der Waals surface area contributed by atoms with E-state index in [9.17, 15) is 9.59 Å². The van der Waals surface area contributed by atoms with E-state index in [1.807, 2.05) is 0 Å². The second-order valence-corrected chi connectivity index (χ2v) is 20.1. The predicted molar refractivity (Wildman–Crippen MR) is 305 cm³/mol. The van der Waals surface area contributed by atoms with Crippen LogP contribution in [0.15, 0.2) is 134 Å². The summed E-state index contributed by atoms with van der Waals surface area (Å²) in [6.45, 7) is -0.438. The summed E-state index contributed by atoms with van der Waals surface area (Å²) in [6.07, 6.45) is 7.85. The van der Waals surface area contributed by atoms with E-state index in [1.165, 1.54) is 81.5 Å². The van der Waals surface area contributed by atoms with Crippen LogP contribution in [0.1, 0.15) is 54.6 Å². The number of imidazole rings is 2. The van der Waals surface area contributed by atoms with E-state index in [2.05, 4.69) is 50.5 Å². The molecule has 0 saturated heterocycles. The average Bonchev–Trinajstić information content (AvgIpc) is 1.73. The maximum Gasteiger partial charge on any atom is 0.346 e. The van der Waals surface area contributed by atoms with Crippen molar-refractivity contribution in [1.82, 2.24) is 69.0 Å². The number of aromatic nitrogens is 14. The fraction of sp³-hybridized carbons (Fsp3) is 0.161. The van der Waals surface area contributed by atoms with Gasteiger partial charge in [-0.2, -0.15) is 0 Å². The van der Waals surface area contributed by atoms with Crippen LogP contribution in [0, 0.1) is 46.5 Å². The molecule has 0 radical (unpaired) electrons. The first kappa shape index (κ1) is 60.1. The second-order valence-electron chi connectivity index (χ2n) is 20.1. The molecule has 0 amide bonds. The van der Waals surface area contributed by atoms with Crippen LogP contribution in [-0.4, -0.2) is 108 Å². The third kappa shape index (κ3) is 12.5. The van der Waals surface area contributed by atoms with Crippen LogP contribution < -0.4 is 9.47 Å². The largest absolute Gasteiger partial charge is 0.473 e. The summed E-state index contributed by atoms with van der Waals surface area (Å²) in [5.41, 5.74) is -3.78. The highest BCUT2D eigenvalue weighted by molar-refractivity contribution is 6.05. The topological polar surface area (TPSA) is 229 Å². The third-order valence-corrected chi connectivity index (χ3v) is 14.3. The first-order chi connectivity index (χ1) is 44.1. The molecule has 0 N–H and O–H groups in total. The van der Waals surface area contributed by atoms with Gasteiger partial charge in [0, 0.05) is 98.1 Å². The maximum absolute atomic E-state index is 16.1. The van der Waals surface area contributed by atoms with Gasteiger partial charge < -0.3 is 32.8 Å². The number of ether oxygens (including phenoxy) is 5. The van der Waals surface area contributed by atoms with Crippen molar-refractivity contribution in [1.29, 1.82) is 0 Å². The Kier molecular flexibility index (Phi) is 17.1. The lowest BCUT2D eigenvalue weighted by molar-refractivity contribution is 0.0397. The minimum atomic E-state index is -1.59. The van der Waals surface area contributed by atoms with E-state index < -0.39 is 105 Å². The normalized spacial score (nSPS) is 11.5. The molecular weight excluding hydrogens is 1200 g/mol. The summed E-state index contributed by atoms with van der Waals surface area (Å²) >= 11 is 0. The number of rotatable bonds is 22. The van der Waals surface area contributed by atoms with Crippen molar-refractivity contribution in [3.05, 3.63) is 226 Å². The summed E-state index contributed by atoms with van der Waals surface area (Å²) in [5, 5.41) is 15.3. The molecule has 21 nitrogen and oxygen atoms in total. The maximum atomic E-state index is 16.1. The Bertz CT molecular complexity index is 4410. The highest BCUT2D eigenvalue weighted by atomic mass is 19.2.